The monoisotopic (exact) mass is 211 g/mol. The minimum absolute atomic E-state index is 0.157. The lowest BCUT2D eigenvalue weighted by Gasteiger charge is -2.26. The van der Waals surface area contributed by atoms with Crippen molar-refractivity contribution in [1.29, 1.82) is 0 Å². The van der Waals surface area contributed by atoms with Crippen LogP contribution in [0.5, 0.6) is 0 Å². The van der Waals surface area contributed by atoms with Gasteiger partial charge in [0.15, 0.2) is 0 Å². The van der Waals surface area contributed by atoms with Gasteiger partial charge in [0, 0.05) is 24.8 Å². The lowest BCUT2D eigenvalue weighted by Crippen LogP contribution is -2.19. The lowest BCUT2D eigenvalue weighted by molar-refractivity contribution is 0.590. The van der Waals surface area contributed by atoms with E-state index < -0.39 is 0 Å². The van der Waals surface area contributed by atoms with Crippen molar-refractivity contribution in [2.24, 2.45) is 0 Å². The predicted molar refractivity (Wildman–Crippen MR) is 64.5 cm³/mol. The average molecular weight is 212 g/mol. The summed E-state index contributed by atoms with van der Waals surface area (Å²) in [5.74, 6) is 0. The van der Waals surface area contributed by atoms with Gasteiger partial charge in [0.1, 0.15) is 0 Å². The maximum atomic E-state index is 5.98. The van der Waals surface area contributed by atoms with Crippen LogP contribution >= 0.6 is 11.6 Å². The fourth-order valence-electron chi connectivity index (χ4n) is 1.51. The summed E-state index contributed by atoms with van der Waals surface area (Å²) < 4.78 is 0. The van der Waals surface area contributed by atoms with Crippen LogP contribution in [0, 0.1) is 0 Å². The Morgan fingerprint density at radius 2 is 1.71 bits per heavy atom. The lowest BCUT2D eigenvalue weighted by atomic mass is 9.85. The molecule has 0 aliphatic heterocycles. The maximum Gasteiger partial charge on any atom is 0.0426 e. The quantitative estimate of drug-likeness (QED) is 0.685. The minimum Gasteiger partial charge on any atom is -0.377 e. The molecular weight excluding hydrogens is 194 g/mol. The molecule has 0 aliphatic rings. The zero-order valence-electron chi connectivity index (χ0n) is 9.56. The van der Waals surface area contributed by atoms with Crippen LogP contribution in [0.15, 0.2) is 18.2 Å². The molecule has 0 N–H and O–H groups in total. The third-order valence-corrected chi connectivity index (χ3v) is 2.48. The normalized spacial score (nSPS) is 11.6. The summed E-state index contributed by atoms with van der Waals surface area (Å²) in [6.45, 7) is 6.63. The van der Waals surface area contributed by atoms with E-state index in [4.69, 9.17) is 11.6 Å². The summed E-state index contributed by atoms with van der Waals surface area (Å²) in [6, 6.07) is 6.08. The second-order valence-electron chi connectivity index (χ2n) is 4.81. The van der Waals surface area contributed by atoms with Gasteiger partial charge in [0.25, 0.3) is 0 Å². The molecule has 0 bridgehead atoms. The van der Waals surface area contributed by atoms with E-state index in [1.165, 1.54) is 11.3 Å². The number of hydrogen-bond donors (Lipinski definition) is 0. The van der Waals surface area contributed by atoms with E-state index in [0.29, 0.717) is 0 Å². The second kappa shape index (κ2) is 3.82. The van der Waals surface area contributed by atoms with Gasteiger partial charge in [-0.2, -0.15) is 0 Å². The zero-order chi connectivity index (χ0) is 10.9. The minimum atomic E-state index is 0.157. The standard InChI is InChI=1S/C12H18ClN/c1-12(2,3)10-7-6-9(13)8-11(10)14(4)5/h6-8H,1-5H3. The van der Waals surface area contributed by atoms with E-state index in [9.17, 15) is 0 Å². The number of halogens is 1. The molecule has 0 amide bonds. The summed E-state index contributed by atoms with van der Waals surface area (Å²) in [6.07, 6.45) is 0. The van der Waals surface area contributed by atoms with E-state index in [2.05, 4.69) is 31.7 Å². The van der Waals surface area contributed by atoms with E-state index in [1.54, 1.807) is 0 Å². The van der Waals surface area contributed by atoms with E-state index in [0.717, 1.165) is 5.02 Å². The molecule has 0 saturated heterocycles. The first kappa shape index (κ1) is 11.4. The van der Waals surface area contributed by atoms with Crippen molar-refractivity contribution in [1.82, 2.24) is 0 Å². The molecule has 1 rings (SSSR count). The third-order valence-electron chi connectivity index (χ3n) is 2.25. The Labute approximate surface area is 91.7 Å². The van der Waals surface area contributed by atoms with Crippen molar-refractivity contribution in [3.8, 4) is 0 Å². The molecule has 0 aromatic heterocycles. The number of rotatable bonds is 1. The van der Waals surface area contributed by atoms with Crippen molar-refractivity contribution in [2.45, 2.75) is 26.2 Å². The van der Waals surface area contributed by atoms with Gasteiger partial charge in [-0.25, -0.2) is 0 Å². The van der Waals surface area contributed by atoms with Gasteiger partial charge in [0.05, 0.1) is 0 Å². The Bertz CT molecular complexity index is 324. The largest absolute Gasteiger partial charge is 0.377 e. The van der Waals surface area contributed by atoms with Gasteiger partial charge >= 0.3 is 0 Å². The van der Waals surface area contributed by atoms with Gasteiger partial charge in [-0.15, -0.1) is 0 Å². The van der Waals surface area contributed by atoms with Crippen LogP contribution in [0.4, 0.5) is 5.69 Å². The van der Waals surface area contributed by atoms with Gasteiger partial charge < -0.3 is 4.90 Å². The molecule has 0 saturated carbocycles. The van der Waals surface area contributed by atoms with Gasteiger partial charge in [0.2, 0.25) is 0 Å². The van der Waals surface area contributed by atoms with Crippen LogP contribution in [0.3, 0.4) is 0 Å². The molecular formula is C12H18ClN. The molecule has 78 valence electrons. The number of anilines is 1. The van der Waals surface area contributed by atoms with Crippen molar-refractivity contribution >= 4 is 17.3 Å². The van der Waals surface area contributed by atoms with Crippen LogP contribution in [-0.2, 0) is 5.41 Å². The van der Waals surface area contributed by atoms with Gasteiger partial charge in [-0.1, -0.05) is 38.4 Å². The fraction of sp³-hybridized carbons (Fsp3) is 0.500. The molecule has 0 atom stereocenters. The highest BCUT2D eigenvalue weighted by Crippen LogP contribution is 2.32. The second-order valence-corrected chi connectivity index (χ2v) is 5.24. The van der Waals surface area contributed by atoms with E-state index >= 15 is 0 Å². The Morgan fingerprint density at radius 3 is 2.14 bits per heavy atom. The van der Waals surface area contributed by atoms with Crippen LogP contribution in [0.2, 0.25) is 5.02 Å². The number of benzene rings is 1. The van der Waals surface area contributed by atoms with Crippen LogP contribution in [0.25, 0.3) is 0 Å². The molecule has 0 fully saturated rings. The zero-order valence-corrected chi connectivity index (χ0v) is 10.3. The van der Waals surface area contributed by atoms with Crippen molar-refractivity contribution in [3.63, 3.8) is 0 Å². The smallest absolute Gasteiger partial charge is 0.0426 e. The van der Waals surface area contributed by atoms with E-state index in [-0.39, 0.29) is 5.41 Å². The maximum absolute atomic E-state index is 5.98. The fourth-order valence-corrected chi connectivity index (χ4v) is 1.68. The highest BCUT2D eigenvalue weighted by Gasteiger charge is 2.18. The summed E-state index contributed by atoms with van der Waals surface area (Å²) in [5.41, 5.74) is 2.68. The first-order chi connectivity index (χ1) is 6.32. The summed E-state index contributed by atoms with van der Waals surface area (Å²) in [7, 11) is 4.09. The van der Waals surface area contributed by atoms with Crippen molar-refractivity contribution < 1.29 is 0 Å². The Kier molecular flexibility index (Phi) is 3.10. The van der Waals surface area contributed by atoms with Gasteiger partial charge in [-0.3, -0.25) is 0 Å². The Balaban J connectivity index is 3.29. The average Bonchev–Trinajstić information content (AvgIpc) is 2.01. The highest BCUT2D eigenvalue weighted by atomic mass is 35.5. The van der Waals surface area contributed by atoms with Crippen molar-refractivity contribution in [2.75, 3.05) is 19.0 Å². The Morgan fingerprint density at radius 1 is 1.14 bits per heavy atom. The van der Waals surface area contributed by atoms with Crippen LogP contribution in [0.1, 0.15) is 26.3 Å². The molecule has 0 heterocycles. The van der Waals surface area contributed by atoms with Gasteiger partial charge in [-0.05, 0) is 23.1 Å². The molecule has 1 nitrogen and oxygen atoms in total. The van der Waals surface area contributed by atoms with Crippen LogP contribution < -0.4 is 4.90 Å². The molecule has 0 radical (unpaired) electrons. The predicted octanol–water partition coefficient (Wildman–Crippen LogP) is 3.70. The molecule has 0 aliphatic carbocycles. The summed E-state index contributed by atoms with van der Waals surface area (Å²) in [4.78, 5) is 2.10. The Hall–Kier alpha value is -0.690. The first-order valence-electron chi connectivity index (χ1n) is 4.80. The molecule has 14 heavy (non-hydrogen) atoms. The first-order valence-corrected chi connectivity index (χ1v) is 5.17. The molecule has 0 unspecified atom stereocenters. The highest BCUT2D eigenvalue weighted by molar-refractivity contribution is 6.30. The molecule has 2 heteroatoms. The molecule has 0 spiro atoms. The molecule has 1 aromatic carbocycles. The topological polar surface area (TPSA) is 3.24 Å². The summed E-state index contributed by atoms with van der Waals surface area (Å²) >= 11 is 5.98. The third kappa shape index (κ3) is 2.42. The van der Waals surface area contributed by atoms with E-state index in [1.807, 2.05) is 26.2 Å². The number of nitrogens with zero attached hydrogens (tertiary/aromatic N) is 1. The van der Waals surface area contributed by atoms with Crippen LogP contribution in [-0.4, -0.2) is 14.1 Å². The van der Waals surface area contributed by atoms with Crippen molar-refractivity contribution in [3.05, 3.63) is 28.8 Å². The number of hydrogen-bond acceptors (Lipinski definition) is 1. The SMILES string of the molecule is CN(C)c1cc(Cl)ccc1C(C)(C)C. The summed E-state index contributed by atoms with van der Waals surface area (Å²) in [5, 5.41) is 0.793. The molecule has 1 aromatic rings.